The molecule has 0 amide bonds. The number of benzene rings is 1. The lowest BCUT2D eigenvalue weighted by Gasteiger charge is -2.35. The number of carbonyl (C=O) groups excluding carboxylic acids is 1. The Morgan fingerprint density at radius 1 is 1.33 bits per heavy atom. The molecule has 2 nitrogen and oxygen atoms in total. The predicted octanol–water partition coefficient (Wildman–Crippen LogP) is 2.93. The number of carbonyl (C=O) groups is 1. The summed E-state index contributed by atoms with van der Waals surface area (Å²) < 4.78 is 26.6. The summed E-state index contributed by atoms with van der Waals surface area (Å²) in [5.74, 6) is -1.60. The molecule has 1 aliphatic heterocycles. The van der Waals surface area contributed by atoms with Crippen molar-refractivity contribution in [3.8, 4) is 0 Å². The number of piperidine rings is 1. The highest BCUT2D eigenvalue weighted by Gasteiger charge is 2.39. The van der Waals surface area contributed by atoms with Crippen molar-refractivity contribution in [2.75, 3.05) is 13.1 Å². The van der Waals surface area contributed by atoms with Gasteiger partial charge in [-0.1, -0.05) is 6.92 Å². The molecule has 0 bridgehead atoms. The van der Waals surface area contributed by atoms with Gasteiger partial charge in [-0.05, 0) is 44.5 Å². The summed E-state index contributed by atoms with van der Waals surface area (Å²) in [6.07, 6.45) is 2.10. The van der Waals surface area contributed by atoms with Crippen LogP contribution >= 0.6 is 0 Å². The van der Waals surface area contributed by atoms with Gasteiger partial charge in [-0.2, -0.15) is 0 Å². The van der Waals surface area contributed by atoms with Crippen LogP contribution in [-0.4, -0.2) is 18.9 Å². The molecule has 1 aliphatic rings. The molecule has 0 aromatic heterocycles. The maximum Gasteiger partial charge on any atom is 0.172 e. The number of Topliss-reactive ketones (excluding diaryl/α,β-unsaturated/α-hetero) is 1. The molecule has 18 heavy (non-hydrogen) atoms. The molecule has 0 saturated carbocycles. The van der Waals surface area contributed by atoms with Gasteiger partial charge in [-0.25, -0.2) is 8.78 Å². The molecular formula is C14H17F2NO. The molecule has 1 heterocycles. The lowest BCUT2D eigenvalue weighted by Crippen LogP contribution is -2.42. The van der Waals surface area contributed by atoms with E-state index >= 15 is 0 Å². The summed E-state index contributed by atoms with van der Waals surface area (Å²) in [5, 5.41) is 3.20. The van der Waals surface area contributed by atoms with Crippen LogP contribution in [0.4, 0.5) is 8.78 Å². The third kappa shape index (κ3) is 2.29. The molecule has 0 unspecified atom stereocenters. The second-order valence-electron chi connectivity index (χ2n) is 4.84. The summed E-state index contributed by atoms with van der Waals surface area (Å²) >= 11 is 0. The van der Waals surface area contributed by atoms with Crippen molar-refractivity contribution >= 4 is 5.78 Å². The van der Waals surface area contributed by atoms with Crippen molar-refractivity contribution < 1.29 is 13.6 Å². The molecular weight excluding hydrogens is 236 g/mol. The van der Waals surface area contributed by atoms with E-state index in [1.165, 1.54) is 6.07 Å². The average molecular weight is 253 g/mol. The quantitative estimate of drug-likeness (QED) is 0.839. The fraction of sp³-hybridized carbons (Fsp3) is 0.500. The summed E-state index contributed by atoms with van der Waals surface area (Å²) in [6, 6.07) is 3.17. The smallest absolute Gasteiger partial charge is 0.172 e. The zero-order chi connectivity index (χ0) is 13.2. The highest BCUT2D eigenvalue weighted by Crippen LogP contribution is 2.36. The van der Waals surface area contributed by atoms with E-state index in [4.69, 9.17) is 0 Å². The van der Waals surface area contributed by atoms with Gasteiger partial charge in [0, 0.05) is 11.5 Å². The van der Waals surface area contributed by atoms with Gasteiger partial charge in [0.25, 0.3) is 0 Å². The summed E-state index contributed by atoms with van der Waals surface area (Å²) in [4.78, 5) is 12.5. The number of halogens is 2. The third-order valence-electron chi connectivity index (χ3n) is 3.89. The Labute approximate surface area is 105 Å². The van der Waals surface area contributed by atoms with Gasteiger partial charge in [-0.3, -0.25) is 4.79 Å². The molecule has 98 valence electrons. The Kier molecular flexibility index (Phi) is 3.76. The monoisotopic (exact) mass is 253 g/mol. The van der Waals surface area contributed by atoms with Gasteiger partial charge in [0.1, 0.15) is 11.6 Å². The SMILES string of the molecule is CCC1(C(=O)c2ccc(F)cc2F)CCNCC1. The van der Waals surface area contributed by atoms with Gasteiger partial charge in [0.05, 0.1) is 5.56 Å². The van der Waals surface area contributed by atoms with Crippen molar-refractivity contribution in [1.82, 2.24) is 5.32 Å². The van der Waals surface area contributed by atoms with Crippen molar-refractivity contribution in [1.29, 1.82) is 0 Å². The van der Waals surface area contributed by atoms with Crippen LogP contribution in [-0.2, 0) is 0 Å². The first-order chi connectivity index (χ1) is 8.59. The summed E-state index contributed by atoms with van der Waals surface area (Å²) in [5.41, 5.74) is -0.482. The number of rotatable bonds is 3. The second kappa shape index (κ2) is 5.14. The van der Waals surface area contributed by atoms with E-state index in [-0.39, 0.29) is 11.3 Å². The zero-order valence-electron chi connectivity index (χ0n) is 10.4. The average Bonchev–Trinajstić information content (AvgIpc) is 2.39. The van der Waals surface area contributed by atoms with E-state index in [9.17, 15) is 13.6 Å². The Hall–Kier alpha value is -1.29. The summed E-state index contributed by atoms with van der Waals surface area (Å²) in [7, 11) is 0. The van der Waals surface area contributed by atoms with E-state index in [1.54, 1.807) is 0 Å². The van der Waals surface area contributed by atoms with Gasteiger partial charge < -0.3 is 5.32 Å². The molecule has 1 aromatic carbocycles. The van der Waals surface area contributed by atoms with Gasteiger partial charge >= 0.3 is 0 Å². The van der Waals surface area contributed by atoms with Gasteiger partial charge in [0.2, 0.25) is 0 Å². The van der Waals surface area contributed by atoms with Crippen LogP contribution < -0.4 is 5.32 Å². The molecule has 1 fully saturated rings. The number of hydrogen-bond acceptors (Lipinski definition) is 2. The van der Waals surface area contributed by atoms with Crippen molar-refractivity contribution in [2.24, 2.45) is 5.41 Å². The van der Waals surface area contributed by atoms with Crippen LogP contribution in [0.3, 0.4) is 0 Å². The first kappa shape index (κ1) is 13.1. The van der Waals surface area contributed by atoms with Crippen molar-refractivity contribution in [3.05, 3.63) is 35.4 Å². The van der Waals surface area contributed by atoms with Crippen LogP contribution in [0.25, 0.3) is 0 Å². The Bertz CT molecular complexity index is 453. The molecule has 2 rings (SSSR count). The number of hydrogen-bond donors (Lipinski definition) is 1. The molecule has 1 N–H and O–H groups in total. The van der Waals surface area contributed by atoms with Crippen LogP contribution in [0, 0.1) is 17.0 Å². The van der Waals surface area contributed by atoms with E-state index < -0.39 is 17.0 Å². The molecule has 0 aliphatic carbocycles. The maximum atomic E-state index is 13.7. The second-order valence-corrected chi connectivity index (χ2v) is 4.84. The van der Waals surface area contributed by atoms with Crippen LogP contribution in [0.15, 0.2) is 18.2 Å². The standard InChI is InChI=1S/C14H17F2NO/c1-2-14(5-7-17-8-6-14)13(18)11-4-3-10(15)9-12(11)16/h3-4,9,17H,2,5-8H2,1H3. The topological polar surface area (TPSA) is 29.1 Å². The van der Waals surface area contributed by atoms with Gasteiger partial charge in [-0.15, -0.1) is 0 Å². The van der Waals surface area contributed by atoms with E-state index in [0.29, 0.717) is 19.3 Å². The lowest BCUT2D eigenvalue weighted by molar-refractivity contribution is 0.0713. The molecule has 0 spiro atoms. The van der Waals surface area contributed by atoms with Crippen LogP contribution in [0.5, 0.6) is 0 Å². The first-order valence-electron chi connectivity index (χ1n) is 6.29. The number of nitrogens with one attached hydrogen (secondary N) is 1. The fourth-order valence-electron chi connectivity index (χ4n) is 2.61. The Balaban J connectivity index is 2.33. The molecule has 1 saturated heterocycles. The minimum Gasteiger partial charge on any atom is -0.317 e. The normalized spacial score (nSPS) is 18.6. The first-order valence-corrected chi connectivity index (χ1v) is 6.29. The van der Waals surface area contributed by atoms with Crippen molar-refractivity contribution in [2.45, 2.75) is 26.2 Å². The van der Waals surface area contributed by atoms with E-state index in [0.717, 1.165) is 25.2 Å². The third-order valence-corrected chi connectivity index (χ3v) is 3.89. The minimum atomic E-state index is -0.758. The Morgan fingerprint density at radius 3 is 2.56 bits per heavy atom. The fourth-order valence-corrected chi connectivity index (χ4v) is 2.61. The predicted molar refractivity (Wildman–Crippen MR) is 65.5 cm³/mol. The van der Waals surface area contributed by atoms with Gasteiger partial charge in [0.15, 0.2) is 5.78 Å². The van der Waals surface area contributed by atoms with Crippen LogP contribution in [0.1, 0.15) is 36.5 Å². The van der Waals surface area contributed by atoms with E-state index in [1.807, 2.05) is 6.92 Å². The number of ketones is 1. The Morgan fingerprint density at radius 2 is 2.00 bits per heavy atom. The highest BCUT2D eigenvalue weighted by molar-refractivity contribution is 6.00. The summed E-state index contributed by atoms with van der Waals surface area (Å²) in [6.45, 7) is 3.48. The zero-order valence-corrected chi connectivity index (χ0v) is 10.4. The lowest BCUT2D eigenvalue weighted by atomic mass is 9.71. The molecule has 4 heteroatoms. The molecule has 0 radical (unpaired) electrons. The van der Waals surface area contributed by atoms with Crippen molar-refractivity contribution in [3.63, 3.8) is 0 Å². The van der Waals surface area contributed by atoms with Crippen LogP contribution in [0.2, 0.25) is 0 Å². The largest absolute Gasteiger partial charge is 0.317 e. The molecule has 1 aromatic rings. The maximum absolute atomic E-state index is 13.7. The minimum absolute atomic E-state index is 0.0140. The van der Waals surface area contributed by atoms with E-state index in [2.05, 4.69) is 5.32 Å². The highest BCUT2D eigenvalue weighted by atomic mass is 19.1. The molecule has 0 atom stereocenters.